The molecule has 0 aliphatic carbocycles. The third-order valence-corrected chi connectivity index (χ3v) is 4.93. The van der Waals surface area contributed by atoms with Crippen molar-refractivity contribution in [2.24, 2.45) is 0 Å². The van der Waals surface area contributed by atoms with Gasteiger partial charge in [0.2, 0.25) is 0 Å². The van der Waals surface area contributed by atoms with E-state index in [4.69, 9.17) is 11.5 Å². The first-order valence-corrected chi connectivity index (χ1v) is 10.9. The molecule has 0 bridgehead atoms. The van der Waals surface area contributed by atoms with E-state index in [0.717, 1.165) is 11.4 Å². The molecule has 0 saturated carbocycles. The lowest BCUT2D eigenvalue weighted by Gasteiger charge is -2.07. The fourth-order valence-corrected chi connectivity index (χ4v) is 2.95. The van der Waals surface area contributed by atoms with Crippen molar-refractivity contribution in [3.05, 3.63) is 95.1 Å². The van der Waals surface area contributed by atoms with Gasteiger partial charge in [-0.05, 0) is 59.6 Å². The summed E-state index contributed by atoms with van der Waals surface area (Å²) in [7, 11) is 0. The second-order valence-electron chi connectivity index (χ2n) is 8.67. The summed E-state index contributed by atoms with van der Waals surface area (Å²) >= 11 is 0. The normalized spacial score (nSPS) is 10.3. The molecule has 2 heteroatoms. The van der Waals surface area contributed by atoms with E-state index in [1.807, 2.05) is 30.3 Å². The number of nitrogen functional groups attached to an aromatic ring is 2. The number of aryl methyl sites for hydroxylation is 1. The van der Waals surface area contributed by atoms with Gasteiger partial charge in [0.25, 0.3) is 0 Å². The summed E-state index contributed by atoms with van der Waals surface area (Å²) in [6.07, 6.45) is 0. The summed E-state index contributed by atoms with van der Waals surface area (Å²) in [5.41, 5.74) is 18.3. The molecule has 2 nitrogen and oxygen atoms in total. The van der Waals surface area contributed by atoms with E-state index in [0.29, 0.717) is 17.8 Å². The number of benzene rings is 3. The second-order valence-corrected chi connectivity index (χ2v) is 8.67. The average molecular weight is 405 g/mol. The van der Waals surface area contributed by atoms with Crippen LogP contribution in [-0.4, -0.2) is 0 Å². The first-order valence-electron chi connectivity index (χ1n) is 10.9. The maximum atomic E-state index is 5.72. The summed E-state index contributed by atoms with van der Waals surface area (Å²) in [5.74, 6) is 1.78. The number of para-hydroxylation sites is 1. The number of rotatable bonds is 3. The van der Waals surface area contributed by atoms with Gasteiger partial charge in [0.05, 0.1) is 0 Å². The van der Waals surface area contributed by atoms with Gasteiger partial charge in [-0.25, -0.2) is 0 Å². The van der Waals surface area contributed by atoms with E-state index >= 15 is 0 Å². The topological polar surface area (TPSA) is 52.0 Å². The zero-order chi connectivity index (χ0) is 22.7. The lowest BCUT2D eigenvalue weighted by atomic mass is 10.0. The zero-order valence-corrected chi connectivity index (χ0v) is 19.8. The summed E-state index contributed by atoms with van der Waals surface area (Å²) in [6.45, 7) is 15.2. The Balaban J connectivity index is 0.000000225. The van der Waals surface area contributed by atoms with E-state index < -0.39 is 0 Å². The number of anilines is 2. The van der Waals surface area contributed by atoms with Crippen molar-refractivity contribution >= 4 is 11.4 Å². The first kappa shape index (κ1) is 25.3. The lowest BCUT2D eigenvalue weighted by molar-refractivity contribution is 0.865. The van der Waals surface area contributed by atoms with E-state index in [1.54, 1.807) is 0 Å². The van der Waals surface area contributed by atoms with Crippen LogP contribution in [0.4, 0.5) is 11.4 Å². The third-order valence-electron chi connectivity index (χ3n) is 4.93. The molecule has 0 heterocycles. The molecule has 162 valence electrons. The average Bonchev–Trinajstić information content (AvgIpc) is 2.69. The molecule has 0 radical (unpaired) electrons. The molecule has 0 amide bonds. The largest absolute Gasteiger partial charge is 0.399 e. The van der Waals surface area contributed by atoms with Crippen LogP contribution >= 0.6 is 0 Å². The molecule has 0 spiro atoms. The summed E-state index contributed by atoms with van der Waals surface area (Å²) in [4.78, 5) is 0. The van der Waals surface area contributed by atoms with Crippen molar-refractivity contribution in [2.75, 3.05) is 11.5 Å². The van der Waals surface area contributed by atoms with Gasteiger partial charge in [0.15, 0.2) is 0 Å². The predicted octanol–water partition coefficient (Wildman–Crippen LogP) is 7.90. The van der Waals surface area contributed by atoms with Crippen molar-refractivity contribution in [1.82, 2.24) is 0 Å². The second kappa shape index (κ2) is 12.7. The molecule has 3 rings (SSSR count). The van der Waals surface area contributed by atoms with Crippen LogP contribution in [-0.2, 0) is 0 Å². The van der Waals surface area contributed by atoms with E-state index in [1.165, 1.54) is 22.3 Å². The Morgan fingerprint density at radius 3 is 1.53 bits per heavy atom. The maximum absolute atomic E-state index is 5.72. The molecule has 0 aliphatic rings. The molecule has 0 unspecified atom stereocenters. The van der Waals surface area contributed by atoms with Crippen LogP contribution in [0.15, 0.2) is 72.8 Å². The standard InChI is InChI=1S/C10H14.2C9H13N/c1-8(2)10-6-4-5-9(3)7-10;1-7(2)8-3-5-9(10)6-4-8;1-7(2)8-5-3-4-6-9(8)10/h4-8H,1-3H3;2*3-7H,10H2,1-2H3. The molecule has 0 atom stereocenters. The maximum Gasteiger partial charge on any atom is 0.0349 e. The molecule has 3 aromatic rings. The molecule has 0 saturated heterocycles. The third kappa shape index (κ3) is 9.17. The summed E-state index contributed by atoms with van der Waals surface area (Å²) in [6, 6.07) is 24.7. The fraction of sp³-hybridized carbons (Fsp3) is 0.357. The van der Waals surface area contributed by atoms with Gasteiger partial charge in [-0.15, -0.1) is 0 Å². The van der Waals surface area contributed by atoms with Crippen molar-refractivity contribution in [3.8, 4) is 0 Å². The molecule has 0 aromatic heterocycles. The highest BCUT2D eigenvalue weighted by atomic mass is 14.6. The molecule has 0 fully saturated rings. The summed E-state index contributed by atoms with van der Waals surface area (Å²) in [5, 5.41) is 0. The number of nitrogens with two attached hydrogens (primary N) is 2. The van der Waals surface area contributed by atoms with Crippen LogP contribution in [0.2, 0.25) is 0 Å². The van der Waals surface area contributed by atoms with Gasteiger partial charge in [0, 0.05) is 11.4 Å². The minimum atomic E-state index is 0.529. The van der Waals surface area contributed by atoms with Crippen LogP contribution in [0.25, 0.3) is 0 Å². The van der Waals surface area contributed by atoms with Gasteiger partial charge in [-0.3, -0.25) is 0 Å². The van der Waals surface area contributed by atoms with Gasteiger partial charge in [-0.1, -0.05) is 102 Å². The quantitative estimate of drug-likeness (QED) is 0.436. The Bertz CT molecular complexity index is 862. The lowest BCUT2D eigenvalue weighted by Crippen LogP contribution is -1.94. The molecular formula is C28H40N2. The van der Waals surface area contributed by atoms with Crippen LogP contribution in [0.1, 0.15) is 81.5 Å². The zero-order valence-electron chi connectivity index (χ0n) is 19.8. The van der Waals surface area contributed by atoms with Crippen LogP contribution in [0, 0.1) is 6.92 Å². The Hall–Kier alpha value is -2.74. The smallest absolute Gasteiger partial charge is 0.0349 e. The van der Waals surface area contributed by atoms with Crippen molar-refractivity contribution in [3.63, 3.8) is 0 Å². The van der Waals surface area contributed by atoms with Crippen LogP contribution in [0.3, 0.4) is 0 Å². The van der Waals surface area contributed by atoms with Crippen LogP contribution < -0.4 is 11.5 Å². The molecular weight excluding hydrogens is 364 g/mol. The highest BCUT2D eigenvalue weighted by molar-refractivity contribution is 5.47. The number of hydrogen-bond donors (Lipinski definition) is 2. The fourth-order valence-electron chi connectivity index (χ4n) is 2.95. The molecule has 4 N–H and O–H groups in total. The SMILES string of the molecule is CC(C)c1ccc(N)cc1.CC(C)c1ccccc1N.Cc1cccc(C(C)C)c1. The first-order chi connectivity index (χ1) is 14.1. The van der Waals surface area contributed by atoms with Gasteiger partial charge >= 0.3 is 0 Å². The molecule has 30 heavy (non-hydrogen) atoms. The molecule has 0 aliphatic heterocycles. The highest BCUT2D eigenvalue weighted by Crippen LogP contribution is 2.20. The van der Waals surface area contributed by atoms with Gasteiger partial charge in [-0.2, -0.15) is 0 Å². The van der Waals surface area contributed by atoms with Gasteiger partial charge in [0.1, 0.15) is 0 Å². The minimum absolute atomic E-state index is 0.529. The Labute approximate surface area is 184 Å². The highest BCUT2D eigenvalue weighted by Gasteiger charge is 2.00. The molecule has 3 aromatic carbocycles. The number of hydrogen-bond acceptors (Lipinski definition) is 2. The van der Waals surface area contributed by atoms with Crippen molar-refractivity contribution in [2.45, 2.75) is 66.2 Å². The Morgan fingerprint density at radius 1 is 0.567 bits per heavy atom. The Kier molecular flexibility index (Phi) is 10.7. The van der Waals surface area contributed by atoms with Gasteiger partial charge < -0.3 is 11.5 Å². The monoisotopic (exact) mass is 404 g/mol. The van der Waals surface area contributed by atoms with Crippen molar-refractivity contribution < 1.29 is 0 Å². The van der Waals surface area contributed by atoms with E-state index in [9.17, 15) is 0 Å². The van der Waals surface area contributed by atoms with E-state index in [2.05, 4.69) is 90.9 Å². The van der Waals surface area contributed by atoms with Crippen molar-refractivity contribution in [1.29, 1.82) is 0 Å². The summed E-state index contributed by atoms with van der Waals surface area (Å²) < 4.78 is 0. The van der Waals surface area contributed by atoms with Crippen LogP contribution in [0.5, 0.6) is 0 Å². The minimum Gasteiger partial charge on any atom is -0.399 e. The predicted molar refractivity (Wildman–Crippen MR) is 135 cm³/mol. The Morgan fingerprint density at radius 2 is 1.13 bits per heavy atom. The van der Waals surface area contributed by atoms with E-state index in [-0.39, 0.29) is 0 Å².